The summed E-state index contributed by atoms with van der Waals surface area (Å²) in [5.41, 5.74) is 2.00. The van der Waals surface area contributed by atoms with Crippen LogP contribution in [0.3, 0.4) is 0 Å². The standard InChI is InChI=1S/C22H27NO4S/c24-22(13-14-28(25,26)21-11-4-5-12-21)23-16-19-9-6-10-20(15-19)27-17-18-7-2-1-3-8-18/h1-3,6-10,15,21H,4-5,11-14,16-17H2,(H,23,24). The van der Waals surface area contributed by atoms with E-state index in [2.05, 4.69) is 5.32 Å². The number of hydrogen-bond donors (Lipinski definition) is 1. The van der Waals surface area contributed by atoms with Crippen LogP contribution in [0.1, 0.15) is 43.2 Å². The molecule has 5 nitrogen and oxygen atoms in total. The molecule has 1 N–H and O–H groups in total. The van der Waals surface area contributed by atoms with Crippen molar-refractivity contribution >= 4 is 15.7 Å². The van der Waals surface area contributed by atoms with Crippen LogP contribution in [0.5, 0.6) is 5.75 Å². The van der Waals surface area contributed by atoms with Crippen LogP contribution in [0.2, 0.25) is 0 Å². The van der Waals surface area contributed by atoms with Gasteiger partial charge in [0.25, 0.3) is 0 Å². The minimum atomic E-state index is -3.16. The van der Waals surface area contributed by atoms with Crippen molar-refractivity contribution in [1.82, 2.24) is 5.32 Å². The van der Waals surface area contributed by atoms with E-state index >= 15 is 0 Å². The van der Waals surface area contributed by atoms with E-state index in [0.29, 0.717) is 13.2 Å². The van der Waals surface area contributed by atoms with Gasteiger partial charge in [0.15, 0.2) is 9.84 Å². The molecule has 6 heteroatoms. The third-order valence-electron chi connectivity index (χ3n) is 5.06. The summed E-state index contributed by atoms with van der Waals surface area (Å²) in [6.07, 6.45) is 3.43. The van der Waals surface area contributed by atoms with E-state index in [9.17, 15) is 13.2 Å². The van der Waals surface area contributed by atoms with Gasteiger partial charge in [-0.1, -0.05) is 55.3 Å². The Kier molecular flexibility index (Phi) is 7.09. The highest BCUT2D eigenvalue weighted by Gasteiger charge is 2.28. The van der Waals surface area contributed by atoms with E-state index in [-0.39, 0.29) is 23.3 Å². The van der Waals surface area contributed by atoms with E-state index in [0.717, 1.165) is 42.6 Å². The van der Waals surface area contributed by atoms with Crippen molar-refractivity contribution in [3.63, 3.8) is 0 Å². The van der Waals surface area contributed by atoms with E-state index < -0.39 is 9.84 Å². The Morgan fingerprint density at radius 2 is 1.71 bits per heavy atom. The number of nitrogens with one attached hydrogen (secondary N) is 1. The minimum absolute atomic E-state index is 0.0169. The lowest BCUT2D eigenvalue weighted by Gasteiger charge is -2.11. The maximum atomic E-state index is 12.2. The van der Waals surface area contributed by atoms with Crippen molar-refractivity contribution in [2.45, 2.75) is 50.5 Å². The van der Waals surface area contributed by atoms with Gasteiger partial charge in [-0.05, 0) is 36.1 Å². The highest BCUT2D eigenvalue weighted by Crippen LogP contribution is 2.25. The summed E-state index contributed by atoms with van der Waals surface area (Å²) in [6.45, 7) is 0.834. The Hall–Kier alpha value is -2.34. The summed E-state index contributed by atoms with van der Waals surface area (Å²) in [5, 5.41) is 2.55. The molecular weight excluding hydrogens is 374 g/mol. The molecule has 0 radical (unpaired) electrons. The lowest BCUT2D eigenvalue weighted by atomic mass is 10.2. The van der Waals surface area contributed by atoms with E-state index in [1.54, 1.807) is 0 Å². The zero-order chi connectivity index (χ0) is 19.8. The maximum absolute atomic E-state index is 12.2. The van der Waals surface area contributed by atoms with Crippen LogP contribution in [-0.4, -0.2) is 25.3 Å². The fourth-order valence-electron chi connectivity index (χ4n) is 3.42. The van der Waals surface area contributed by atoms with Crippen molar-refractivity contribution in [3.8, 4) is 5.75 Å². The fraction of sp³-hybridized carbons (Fsp3) is 0.409. The third kappa shape index (κ3) is 6.09. The number of carbonyl (C=O) groups is 1. The maximum Gasteiger partial charge on any atom is 0.221 e. The molecule has 1 amide bonds. The first-order chi connectivity index (χ1) is 13.5. The molecule has 0 atom stereocenters. The molecule has 3 rings (SSSR count). The molecule has 2 aromatic rings. The molecular formula is C22H27NO4S. The third-order valence-corrected chi connectivity index (χ3v) is 7.32. The molecule has 2 aromatic carbocycles. The van der Waals surface area contributed by atoms with E-state index in [1.807, 2.05) is 54.6 Å². The predicted octanol–water partition coefficient (Wildman–Crippen LogP) is 3.63. The summed E-state index contributed by atoms with van der Waals surface area (Å²) in [4.78, 5) is 12.1. The SMILES string of the molecule is O=C(CCS(=O)(=O)C1CCCC1)NCc1cccc(OCc2ccccc2)c1. The van der Waals surface area contributed by atoms with Gasteiger partial charge in [0, 0.05) is 13.0 Å². The second-order valence-electron chi connectivity index (χ2n) is 7.22. The average Bonchev–Trinajstić information content (AvgIpc) is 3.26. The molecule has 0 heterocycles. The van der Waals surface area contributed by atoms with Crippen molar-refractivity contribution in [2.75, 3.05) is 5.75 Å². The summed E-state index contributed by atoms with van der Waals surface area (Å²) >= 11 is 0. The van der Waals surface area contributed by atoms with Gasteiger partial charge >= 0.3 is 0 Å². The number of ether oxygens (including phenoxy) is 1. The molecule has 1 aliphatic carbocycles. The zero-order valence-corrected chi connectivity index (χ0v) is 16.8. The Labute approximate surface area is 167 Å². The number of rotatable bonds is 9. The van der Waals surface area contributed by atoms with Crippen molar-refractivity contribution < 1.29 is 17.9 Å². The Bertz CT molecular complexity index is 874. The van der Waals surface area contributed by atoms with Crippen LogP contribution in [0, 0.1) is 0 Å². The smallest absolute Gasteiger partial charge is 0.221 e. The normalized spacial score (nSPS) is 14.7. The van der Waals surface area contributed by atoms with Crippen LogP contribution in [0.15, 0.2) is 54.6 Å². The quantitative estimate of drug-likeness (QED) is 0.696. The van der Waals surface area contributed by atoms with Gasteiger partial charge in [0.2, 0.25) is 5.91 Å². The number of carbonyl (C=O) groups excluding carboxylic acids is 1. The van der Waals surface area contributed by atoms with E-state index in [4.69, 9.17) is 4.74 Å². The van der Waals surface area contributed by atoms with Gasteiger partial charge < -0.3 is 10.1 Å². The predicted molar refractivity (Wildman–Crippen MR) is 110 cm³/mol. The summed E-state index contributed by atoms with van der Waals surface area (Å²) in [7, 11) is -3.16. The Morgan fingerprint density at radius 3 is 2.46 bits per heavy atom. The number of sulfone groups is 1. The first kappa shape index (κ1) is 20.4. The molecule has 1 saturated carbocycles. The van der Waals surface area contributed by atoms with Crippen LogP contribution in [-0.2, 0) is 27.8 Å². The first-order valence-electron chi connectivity index (χ1n) is 9.77. The minimum Gasteiger partial charge on any atom is -0.489 e. The highest BCUT2D eigenvalue weighted by atomic mass is 32.2. The van der Waals surface area contributed by atoms with Gasteiger partial charge in [-0.25, -0.2) is 8.42 Å². The van der Waals surface area contributed by atoms with Crippen LogP contribution < -0.4 is 10.1 Å². The molecule has 0 unspecified atom stereocenters. The van der Waals surface area contributed by atoms with Crippen LogP contribution in [0.4, 0.5) is 0 Å². The monoisotopic (exact) mass is 401 g/mol. The van der Waals surface area contributed by atoms with E-state index in [1.165, 1.54) is 0 Å². The first-order valence-corrected chi connectivity index (χ1v) is 11.5. The lowest BCUT2D eigenvalue weighted by molar-refractivity contribution is -0.120. The van der Waals surface area contributed by atoms with Crippen LogP contribution in [0.25, 0.3) is 0 Å². The molecule has 150 valence electrons. The second kappa shape index (κ2) is 9.73. The van der Waals surface area contributed by atoms with Crippen LogP contribution >= 0.6 is 0 Å². The molecule has 28 heavy (non-hydrogen) atoms. The number of hydrogen-bond acceptors (Lipinski definition) is 4. The molecule has 1 aliphatic rings. The molecule has 0 bridgehead atoms. The van der Waals surface area contributed by atoms with Gasteiger partial charge in [-0.15, -0.1) is 0 Å². The Morgan fingerprint density at radius 1 is 1.00 bits per heavy atom. The van der Waals surface area contributed by atoms with Crippen molar-refractivity contribution in [2.24, 2.45) is 0 Å². The lowest BCUT2D eigenvalue weighted by Crippen LogP contribution is -2.28. The van der Waals surface area contributed by atoms with Crippen molar-refractivity contribution in [1.29, 1.82) is 0 Å². The summed E-state index contributed by atoms with van der Waals surface area (Å²) in [6, 6.07) is 17.5. The van der Waals surface area contributed by atoms with Gasteiger partial charge in [0.1, 0.15) is 12.4 Å². The summed E-state index contributed by atoms with van der Waals surface area (Å²) in [5.74, 6) is 0.431. The van der Waals surface area contributed by atoms with Gasteiger partial charge in [-0.2, -0.15) is 0 Å². The summed E-state index contributed by atoms with van der Waals surface area (Å²) < 4.78 is 30.3. The Balaban J connectivity index is 1.44. The van der Waals surface area contributed by atoms with Gasteiger partial charge in [0.05, 0.1) is 11.0 Å². The topological polar surface area (TPSA) is 72.5 Å². The zero-order valence-electron chi connectivity index (χ0n) is 16.0. The second-order valence-corrected chi connectivity index (χ2v) is 9.62. The number of amides is 1. The fourth-order valence-corrected chi connectivity index (χ4v) is 5.28. The highest BCUT2D eigenvalue weighted by molar-refractivity contribution is 7.92. The molecule has 0 aromatic heterocycles. The van der Waals surface area contributed by atoms with Crippen molar-refractivity contribution in [3.05, 3.63) is 65.7 Å². The van der Waals surface area contributed by atoms with Gasteiger partial charge in [-0.3, -0.25) is 4.79 Å². The largest absolute Gasteiger partial charge is 0.489 e. The molecule has 0 saturated heterocycles. The average molecular weight is 402 g/mol. The number of benzene rings is 2. The molecule has 0 aliphatic heterocycles. The molecule has 1 fully saturated rings. The molecule has 0 spiro atoms.